The van der Waals surface area contributed by atoms with Gasteiger partial charge in [0.1, 0.15) is 5.15 Å². The van der Waals surface area contributed by atoms with E-state index in [2.05, 4.69) is 4.98 Å². The smallest absolute Gasteiger partial charge is 0.294 e. The van der Waals surface area contributed by atoms with Gasteiger partial charge in [0.05, 0.1) is 26.5 Å². The number of pyridine rings is 1. The summed E-state index contributed by atoms with van der Waals surface area (Å²) >= 11 is 23.2. The fourth-order valence-electron chi connectivity index (χ4n) is 3.46. The maximum absolute atomic E-state index is 13.8. The number of rotatable bonds is 7. The topological polar surface area (TPSA) is 30.0 Å². The van der Waals surface area contributed by atoms with Gasteiger partial charge in [0.15, 0.2) is 5.78 Å². The molecule has 3 rings (SSSR count). The molecule has 0 bridgehead atoms. The van der Waals surface area contributed by atoms with Crippen LogP contribution in [0.5, 0.6) is 0 Å². The molecule has 1 heterocycles. The molecule has 1 unspecified atom stereocenters. The number of aryl methyl sites for hydroxylation is 1. The summed E-state index contributed by atoms with van der Waals surface area (Å²) in [7, 11) is 0. The molecule has 0 amide bonds. The number of aromatic nitrogens is 1. The third-order valence-corrected chi connectivity index (χ3v) is 6.70. The van der Waals surface area contributed by atoms with Crippen molar-refractivity contribution in [1.82, 2.24) is 4.98 Å². The molecule has 3 aromatic rings. The highest BCUT2D eigenvalue weighted by Gasteiger charge is 2.40. The first-order chi connectivity index (χ1) is 17.2. The fourth-order valence-corrected chi connectivity index (χ4v) is 4.19. The van der Waals surface area contributed by atoms with Crippen molar-refractivity contribution in [3.8, 4) is 0 Å². The van der Waals surface area contributed by atoms with Gasteiger partial charge >= 0.3 is 12.4 Å². The van der Waals surface area contributed by atoms with E-state index in [-0.39, 0.29) is 44.2 Å². The van der Waals surface area contributed by atoms with E-state index in [1.807, 2.05) is 0 Å². The summed E-state index contributed by atoms with van der Waals surface area (Å²) in [6.07, 6.45) is -6.87. The zero-order chi connectivity index (χ0) is 27.5. The van der Waals surface area contributed by atoms with Crippen molar-refractivity contribution >= 4 is 58.3 Å². The summed E-state index contributed by atoms with van der Waals surface area (Å²) < 4.78 is 82.5. The zero-order valence-corrected chi connectivity index (χ0v) is 21.4. The number of ketones is 1. The molecule has 0 aliphatic heterocycles. The fraction of sp³-hybridized carbons (Fsp3) is 0.200. The summed E-state index contributed by atoms with van der Waals surface area (Å²) in [6, 6.07) is 7.77. The highest BCUT2D eigenvalue weighted by atomic mass is 35.5. The number of carbonyl (C=O) groups is 1. The van der Waals surface area contributed by atoms with Gasteiger partial charge in [0.2, 0.25) is 0 Å². The number of allylic oxidation sites excluding steroid dienone is 1. The van der Waals surface area contributed by atoms with Gasteiger partial charge in [-0.2, -0.15) is 26.3 Å². The van der Waals surface area contributed by atoms with Crippen LogP contribution in [0.15, 0.2) is 54.7 Å². The van der Waals surface area contributed by atoms with Crippen LogP contribution in [0.1, 0.15) is 45.0 Å². The summed E-state index contributed by atoms with van der Waals surface area (Å²) in [5, 5.41) is -0.306. The molecule has 0 aliphatic rings. The Kier molecular flexibility index (Phi) is 9.22. The van der Waals surface area contributed by atoms with Crippen LogP contribution in [0.25, 0.3) is 6.08 Å². The molecule has 2 aromatic carbocycles. The van der Waals surface area contributed by atoms with Crippen LogP contribution < -0.4 is 0 Å². The Balaban J connectivity index is 1.91. The number of Topliss-reactive ketones (excluding diaryl/α,β-unsaturated/α-hetero) is 1. The zero-order valence-electron chi connectivity index (χ0n) is 18.4. The Morgan fingerprint density at radius 1 is 0.919 bits per heavy atom. The van der Waals surface area contributed by atoms with E-state index in [9.17, 15) is 31.1 Å². The van der Waals surface area contributed by atoms with Crippen molar-refractivity contribution in [2.45, 2.75) is 31.1 Å². The highest BCUT2D eigenvalue weighted by molar-refractivity contribution is 6.48. The second kappa shape index (κ2) is 11.6. The number of benzene rings is 2. The lowest BCUT2D eigenvalue weighted by Gasteiger charge is -2.18. The summed E-state index contributed by atoms with van der Waals surface area (Å²) in [5.74, 6) is -3.01. The predicted octanol–water partition coefficient (Wildman–Crippen LogP) is 9.89. The van der Waals surface area contributed by atoms with E-state index < -0.39 is 35.2 Å². The van der Waals surface area contributed by atoms with Gasteiger partial charge in [-0.05, 0) is 47.4 Å². The first kappa shape index (κ1) is 29.3. The number of alkyl halides is 6. The number of hydrogen-bond donors (Lipinski definition) is 0. The maximum Gasteiger partial charge on any atom is 0.417 e. The monoisotopic (exact) mass is 599 g/mol. The Bertz CT molecular complexity index is 1300. The largest absolute Gasteiger partial charge is 0.417 e. The molecule has 0 spiro atoms. The minimum Gasteiger partial charge on any atom is -0.294 e. The molecule has 0 N–H and O–H groups in total. The lowest BCUT2D eigenvalue weighted by atomic mass is 9.94. The molecule has 0 fully saturated rings. The van der Waals surface area contributed by atoms with Crippen LogP contribution in [-0.2, 0) is 12.6 Å². The van der Waals surface area contributed by atoms with Gasteiger partial charge in [-0.3, -0.25) is 4.79 Å². The Morgan fingerprint density at radius 2 is 1.57 bits per heavy atom. The number of carbonyl (C=O) groups excluding carboxylic acids is 1. The number of halogens is 10. The third kappa shape index (κ3) is 7.63. The molecule has 196 valence electrons. The first-order valence-electron chi connectivity index (χ1n) is 10.4. The molecular formula is C25H15Cl4F6NO. The van der Waals surface area contributed by atoms with E-state index in [1.54, 1.807) is 6.07 Å². The SMILES string of the molecule is O=C(CCc1ccc(Cl)nc1)c1ccc(/C=C/C(c2cc(Cl)c(Cl)c(Cl)c2)C(F)(F)F)cc1C(F)(F)F. The minimum atomic E-state index is -4.92. The Labute approximate surface area is 227 Å². The van der Waals surface area contributed by atoms with Crippen LogP contribution in [0.2, 0.25) is 20.2 Å². The molecule has 0 saturated carbocycles. The van der Waals surface area contributed by atoms with Crippen LogP contribution in [0, 0.1) is 0 Å². The molecule has 2 nitrogen and oxygen atoms in total. The molecule has 1 aromatic heterocycles. The molecule has 0 saturated heterocycles. The summed E-state index contributed by atoms with van der Waals surface area (Å²) in [5.41, 5.74) is -1.77. The quantitative estimate of drug-likeness (QED) is 0.117. The highest BCUT2D eigenvalue weighted by Crippen LogP contribution is 2.41. The van der Waals surface area contributed by atoms with E-state index in [1.165, 1.54) is 12.3 Å². The Morgan fingerprint density at radius 3 is 2.11 bits per heavy atom. The van der Waals surface area contributed by atoms with Crippen molar-refractivity contribution in [1.29, 1.82) is 0 Å². The Hall–Kier alpha value is -2.26. The van der Waals surface area contributed by atoms with Crippen LogP contribution in [0.4, 0.5) is 26.3 Å². The average molecular weight is 601 g/mol. The van der Waals surface area contributed by atoms with Crippen molar-refractivity contribution in [3.63, 3.8) is 0 Å². The van der Waals surface area contributed by atoms with E-state index >= 15 is 0 Å². The predicted molar refractivity (Wildman–Crippen MR) is 133 cm³/mol. The molecule has 0 radical (unpaired) electrons. The third-order valence-electron chi connectivity index (χ3n) is 5.28. The van der Waals surface area contributed by atoms with Gasteiger partial charge in [-0.25, -0.2) is 4.98 Å². The second-order valence-corrected chi connectivity index (χ2v) is 9.47. The molecule has 37 heavy (non-hydrogen) atoms. The van der Waals surface area contributed by atoms with Gasteiger partial charge in [-0.15, -0.1) is 0 Å². The van der Waals surface area contributed by atoms with Crippen LogP contribution in [0.3, 0.4) is 0 Å². The minimum absolute atomic E-state index is 0.126. The molecule has 1 atom stereocenters. The number of hydrogen-bond acceptors (Lipinski definition) is 2. The van der Waals surface area contributed by atoms with Gasteiger partial charge in [0, 0.05) is 18.2 Å². The van der Waals surface area contributed by atoms with Gasteiger partial charge in [0.25, 0.3) is 0 Å². The lowest BCUT2D eigenvalue weighted by Crippen LogP contribution is -2.19. The number of nitrogens with zero attached hydrogens (tertiary/aromatic N) is 1. The van der Waals surface area contributed by atoms with E-state index in [0.717, 1.165) is 30.3 Å². The van der Waals surface area contributed by atoms with Crippen LogP contribution in [-0.4, -0.2) is 16.9 Å². The maximum atomic E-state index is 13.8. The van der Waals surface area contributed by atoms with Crippen molar-refractivity contribution in [3.05, 3.63) is 103 Å². The van der Waals surface area contributed by atoms with Gasteiger partial charge in [-0.1, -0.05) is 76.8 Å². The van der Waals surface area contributed by atoms with Crippen molar-refractivity contribution in [2.75, 3.05) is 0 Å². The van der Waals surface area contributed by atoms with Crippen LogP contribution >= 0.6 is 46.4 Å². The first-order valence-corrected chi connectivity index (χ1v) is 11.9. The van der Waals surface area contributed by atoms with E-state index in [0.29, 0.717) is 17.7 Å². The van der Waals surface area contributed by atoms with Crippen molar-refractivity contribution in [2.24, 2.45) is 0 Å². The second-order valence-electron chi connectivity index (χ2n) is 7.89. The average Bonchev–Trinajstić information content (AvgIpc) is 2.80. The normalized spacial score (nSPS) is 13.2. The van der Waals surface area contributed by atoms with Crippen molar-refractivity contribution < 1.29 is 31.1 Å². The van der Waals surface area contributed by atoms with E-state index in [4.69, 9.17) is 46.4 Å². The molecule has 12 heteroatoms. The lowest BCUT2D eigenvalue weighted by molar-refractivity contribution is -0.139. The summed E-state index contributed by atoms with van der Waals surface area (Å²) in [4.78, 5) is 16.4. The summed E-state index contributed by atoms with van der Waals surface area (Å²) in [6.45, 7) is 0. The molecule has 0 aliphatic carbocycles. The van der Waals surface area contributed by atoms with Gasteiger partial charge < -0.3 is 0 Å². The standard InChI is InChI=1S/C25H15Cl4F6NO/c26-19-10-15(11-20(27)23(19)29)17(24(30,31)32)6-2-13-1-5-16(18(9-13)25(33,34)35)21(37)7-3-14-4-8-22(28)36-12-14/h1-2,4-6,8-12,17H,3,7H2/b6-2+. The molecular weight excluding hydrogens is 586 g/mol.